The molecule has 62 valence electrons. The molecule has 0 spiro atoms. The van der Waals surface area contributed by atoms with Crippen molar-refractivity contribution in [2.24, 2.45) is 10.4 Å². The van der Waals surface area contributed by atoms with Crippen molar-refractivity contribution in [3.63, 3.8) is 0 Å². The van der Waals surface area contributed by atoms with E-state index in [0.29, 0.717) is 0 Å². The summed E-state index contributed by atoms with van der Waals surface area (Å²) in [4.78, 5) is 4.16. The van der Waals surface area contributed by atoms with Gasteiger partial charge in [-0.2, -0.15) is 0 Å². The van der Waals surface area contributed by atoms with Crippen molar-refractivity contribution in [3.8, 4) is 0 Å². The van der Waals surface area contributed by atoms with Crippen LogP contribution in [0.3, 0.4) is 0 Å². The van der Waals surface area contributed by atoms with Gasteiger partial charge in [-0.3, -0.25) is 4.99 Å². The highest BCUT2D eigenvalue weighted by Gasteiger charge is 2.14. The third kappa shape index (κ3) is 4.29. The van der Waals surface area contributed by atoms with E-state index in [2.05, 4.69) is 48.4 Å². The summed E-state index contributed by atoms with van der Waals surface area (Å²) in [6.45, 7) is 6.23. The van der Waals surface area contributed by atoms with Crippen molar-refractivity contribution in [1.29, 1.82) is 5.41 Å². The Bertz CT molecular complexity index is 187. The van der Waals surface area contributed by atoms with Gasteiger partial charge in [-0.25, -0.2) is 0 Å². The number of rotatable bonds is 2. The highest BCUT2D eigenvalue weighted by atomic mass is 127. The van der Waals surface area contributed by atoms with Gasteiger partial charge in [0.15, 0.2) is 0 Å². The largest absolute Gasteiger partial charge is 0.309 e. The molecule has 0 fully saturated rings. The summed E-state index contributed by atoms with van der Waals surface area (Å²) in [5, 5.41) is 6.91. The summed E-state index contributed by atoms with van der Waals surface area (Å²) in [5.74, 6) is 0. The summed E-state index contributed by atoms with van der Waals surface area (Å²) in [5.41, 5.74) is 0.959. The van der Waals surface area contributed by atoms with E-state index >= 15 is 0 Å². The minimum Gasteiger partial charge on any atom is -0.309 e. The first kappa shape index (κ1) is 10.8. The van der Waals surface area contributed by atoms with Crippen LogP contribution in [0.15, 0.2) is 16.8 Å². The van der Waals surface area contributed by atoms with Crippen LogP contribution in [0.25, 0.3) is 0 Å². The summed E-state index contributed by atoms with van der Waals surface area (Å²) in [6, 6.07) is 0. The van der Waals surface area contributed by atoms with Crippen LogP contribution in [0.4, 0.5) is 0 Å². The SMILES string of the molecule is CC(C)(C)C(=C/C=N)/N=C\I. The molecule has 0 aromatic rings. The van der Waals surface area contributed by atoms with Crippen molar-refractivity contribution < 1.29 is 0 Å². The second-order valence-electron chi connectivity index (χ2n) is 3.20. The number of nitrogens with zero attached hydrogens (tertiary/aromatic N) is 1. The summed E-state index contributed by atoms with van der Waals surface area (Å²) in [6.07, 6.45) is 2.99. The molecule has 0 aromatic heterocycles. The van der Waals surface area contributed by atoms with Crippen molar-refractivity contribution in [2.75, 3.05) is 0 Å². The maximum absolute atomic E-state index is 6.91. The molecule has 0 bridgehead atoms. The minimum absolute atomic E-state index is 0.0270. The molecule has 0 radical (unpaired) electrons. The predicted octanol–water partition coefficient (Wildman–Crippen LogP) is 3.03. The van der Waals surface area contributed by atoms with E-state index in [1.54, 1.807) is 10.3 Å². The summed E-state index contributed by atoms with van der Waals surface area (Å²) >= 11 is 2.07. The molecule has 0 saturated carbocycles. The Morgan fingerprint density at radius 3 is 2.27 bits per heavy atom. The lowest BCUT2D eigenvalue weighted by atomic mass is 9.92. The normalized spacial score (nSPS) is 14.0. The lowest BCUT2D eigenvalue weighted by Gasteiger charge is -2.17. The molecule has 0 saturated heterocycles. The van der Waals surface area contributed by atoms with Gasteiger partial charge in [-0.1, -0.05) is 20.8 Å². The third-order valence-corrected chi connectivity index (χ3v) is 1.48. The van der Waals surface area contributed by atoms with Gasteiger partial charge >= 0.3 is 0 Å². The van der Waals surface area contributed by atoms with E-state index in [4.69, 9.17) is 5.41 Å². The third-order valence-electron chi connectivity index (χ3n) is 1.20. The Balaban J connectivity index is 4.61. The fourth-order valence-electron chi connectivity index (χ4n) is 0.618. The molecule has 0 aliphatic carbocycles. The maximum Gasteiger partial charge on any atom is 0.0654 e. The Hall–Kier alpha value is -0.190. The van der Waals surface area contributed by atoms with Gasteiger partial charge in [0, 0.05) is 17.3 Å². The zero-order valence-electron chi connectivity index (χ0n) is 7.06. The smallest absolute Gasteiger partial charge is 0.0654 e. The van der Waals surface area contributed by atoms with Crippen LogP contribution in [0, 0.1) is 10.8 Å². The fourth-order valence-corrected chi connectivity index (χ4v) is 0.918. The molecule has 0 atom stereocenters. The van der Waals surface area contributed by atoms with Gasteiger partial charge in [-0.05, 0) is 28.7 Å². The van der Waals surface area contributed by atoms with Crippen molar-refractivity contribution in [1.82, 2.24) is 0 Å². The maximum atomic E-state index is 6.91. The topological polar surface area (TPSA) is 36.2 Å². The Labute approximate surface area is 81.4 Å². The van der Waals surface area contributed by atoms with Gasteiger partial charge in [0.05, 0.1) is 4.22 Å². The number of aliphatic imine (C=N–C) groups is 1. The van der Waals surface area contributed by atoms with Crippen LogP contribution in [0.5, 0.6) is 0 Å². The molecule has 0 rings (SSSR count). The van der Waals surface area contributed by atoms with Gasteiger partial charge in [0.1, 0.15) is 0 Å². The minimum atomic E-state index is 0.0270. The molecular weight excluding hydrogens is 251 g/mol. The number of hydrogen-bond acceptors (Lipinski definition) is 2. The molecule has 11 heavy (non-hydrogen) atoms. The van der Waals surface area contributed by atoms with Gasteiger partial charge < -0.3 is 5.41 Å². The number of halogens is 1. The standard InChI is InChI=1S/C8H13IN2/c1-8(2,3)7(4-5-10)11-6-9/h4-6,10H,1-3H3/b7-4-,10-5?,11-6-. The first-order valence-corrected chi connectivity index (χ1v) is 4.61. The lowest BCUT2D eigenvalue weighted by molar-refractivity contribution is 0.500. The van der Waals surface area contributed by atoms with Crippen LogP contribution < -0.4 is 0 Å². The highest BCUT2D eigenvalue weighted by Crippen LogP contribution is 2.25. The molecule has 0 amide bonds. The van der Waals surface area contributed by atoms with Crippen LogP contribution in [0.1, 0.15) is 20.8 Å². The van der Waals surface area contributed by atoms with E-state index < -0.39 is 0 Å². The molecule has 0 aromatic carbocycles. The molecule has 3 heteroatoms. The van der Waals surface area contributed by atoms with E-state index in [1.165, 1.54) is 6.21 Å². The van der Waals surface area contributed by atoms with E-state index in [0.717, 1.165) is 5.70 Å². The number of hydrogen-bond donors (Lipinski definition) is 1. The first-order chi connectivity index (χ1) is 5.02. The average Bonchev–Trinajstić information content (AvgIpc) is 1.85. The Morgan fingerprint density at radius 2 is 2.00 bits per heavy atom. The molecule has 0 heterocycles. The number of nitrogens with one attached hydrogen (secondary N) is 1. The number of allylic oxidation sites excluding steroid dienone is 2. The molecular formula is C8H13IN2. The molecule has 0 aliphatic heterocycles. The fraction of sp³-hybridized carbons (Fsp3) is 0.500. The lowest BCUT2D eigenvalue weighted by Crippen LogP contribution is -2.07. The summed E-state index contributed by atoms with van der Waals surface area (Å²) in [7, 11) is 0. The van der Waals surface area contributed by atoms with Crippen molar-refractivity contribution in [3.05, 3.63) is 11.8 Å². The van der Waals surface area contributed by atoms with Gasteiger partial charge in [0.25, 0.3) is 0 Å². The van der Waals surface area contributed by atoms with Crippen LogP contribution in [-0.4, -0.2) is 10.4 Å². The van der Waals surface area contributed by atoms with Crippen LogP contribution >= 0.6 is 22.6 Å². The molecule has 0 unspecified atom stereocenters. The average molecular weight is 264 g/mol. The predicted molar refractivity (Wildman–Crippen MR) is 58.8 cm³/mol. The Kier molecular flexibility index (Phi) is 4.56. The van der Waals surface area contributed by atoms with Crippen LogP contribution in [0.2, 0.25) is 0 Å². The molecule has 2 nitrogen and oxygen atoms in total. The second-order valence-corrected chi connectivity index (χ2v) is 3.75. The zero-order valence-corrected chi connectivity index (χ0v) is 9.21. The second kappa shape index (κ2) is 4.64. The summed E-state index contributed by atoms with van der Waals surface area (Å²) < 4.78 is 1.72. The monoisotopic (exact) mass is 264 g/mol. The van der Waals surface area contributed by atoms with E-state index in [-0.39, 0.29) is 5.41 Å². The Morgan fingerprint density at radius 1 is 1.45 bits per heavy atom. The zero-order chi connectivity index (χ0) is 8.91. The van der Waals surface area contributed by atoms with Gasteiger partial charge in [-0.15, -0.1) is 0 Å². The molecule has 1 N–H and O–H groups in total. The van der Waals surface area contributed by atoms with Crippen molar-refractivity contribution in [2.45, 2.75) is 20.8 Å². The van der Waals surface area contributed by atoms with Crippen molar-refractivity contribution >= 4 is 33.0 Å². The quantitative estimate of drug-likeness (QED) is 0.588. The molecule has 0 aliphatic rings. The highest BCUT2D eigenvalue weighted by molar-refractivity contribution is 14.1. The van der Waals surface area contributed by atoms with Gasteiger partial charge in [0.2, 0.25) is 0 Å². The van der Waals surface area contributed by atoms with Crippen LogP contribution in [-0.2, 0) is 0 Å². The van der Waals surface area contributed by atoms with E-state index in [1.807, 2.05) is 0 Å². The first-order valence-electron chi connectivity index (χ1n) is 3.36. The van der Waals surface area contributed by atoms with E-state index in [9.17, 15) is 0 Å².